The average Bonchev–Trinajstić information content (AvgIpc) is 3.01. The maximum absolute atomic E-state index is 12.1. The number of hydrogen-bond acceptors (Lipinski definition) is 4. The third-order valence-electron chi connectivity index (χ3n) is 3.56. The highest BCUT2D eigenvalue weighted by atomic mass is 19.4. The van der Waals surface area contributed by atoms with E-state index in [1.165, 1.54) is 24.3 Å². The van der Waals surface area contributed by atoms with Gasteiger partial charge in [0.05, 0.1) is 6.04 Å². The second kappa shape index (κ2) is 6.99. The van der Waals surface area contributed by atoms with Gasteiger partial charge < -0.3 is 15.4 Å². The van der Waals surface area contributed by atoms with Crippen molar-refractivity contribution in [2.75, 3.05) is 13.1 Å². The van der Waals surface area contributed by atoms with Gasteiger partial charge in [-0.3, -0.25) is 4.79 Å². The molecule has 1 aliphatic rings. The number of rotatable bonds is 4. The van der Waals surface area contributed by atoms with Gasteiger partial charge in [0.15, 0.2) is 0 Å². The average molecular weight is 330 g/mol. The van der Waals surface area contributed by atoms with Crippen LogP contribution in [0.25, 0.3) is 0 Å². The number of benzene rings is 1. The van der Waals surface area contributed by atoms with Crippen molar-refractivity contribution in [2.45, 2.75) is 31.5 Å². The smallest absolute Gasteiger partial charge is 0.420 e. The SMILES string of the molecule is N[C@@H](Cc1ccc(OC(=O)C(F)(F)F)cc1)C(=O)N1CCCC1. The normalized spacial score (nSPS) is 16.3. The summed E-state index contributed by atoms with van der Waals surface area (Å²) in [5, 5.41) is 0. The van der Waals surface area contributed by atoms with Gasteiger partial charge in [0.25, 0.3) is 0 Å². The van der Waals surface area contributed by atoms with E-state index in [4.69, 9.17) is 5.73 Å². The molecule has 5 nitrogen and oxygen atoms in total. The third-order valence-corrected chi connectivity index (χ3v) is 3.56. The number of alkyl halides is 3. The van der Waals surface area contributed by atoms with Crippen molar-refractivity contribution in [1.82, 2.24) is 4.90 Å². The number of hydrogen-bond donors (Lipinski definition) is 1. The zero-order chi connectivity index (χ0) is 17.0. The predicted molar refractivity (Wildman–Crippen MR) is 75.6 cm³/mol. The summed E-state index contributed by atoms with van der Waals surface area (Å²) in [6.45, 7) is 1.41. The first-order valence-corrected chi connectivity index (χ1v) is 7.19. The Balaban J connectivity index is 1.91. The minimum atomic E-state index is -5.04. The maximum Gasteiger partial charge on any atom is 0.491 e. The Bertz CT molecular complexity index is 566. The molecule has 0 radical (unpaired) electrons. The molecule has 1 aromatic rings. The lowest BCUT2D eigenvalue weighted by Gasteiger charge is -2.20. The Hall–Kier alpha value is -2.09. The molecule has 1 aliphatic heterocycles. The van der Waals surface area contributed by atoms with Gasteiger partial charge in [-0.1, -0.05) is 12.1 Å². The quantitative estimate of drug-likeness (QED) is 0.673. The predicted octanol–water partition coefficient (Wildman–Crippen LogP) is 1.65. The molecule has 0 aromatic heterocycles. The van der Waals surface area contributed by atoms with E-state index in [0.29, 0.717) is 18.7 Å². The summed E-state index contributed by atoms with van der Waals surface area (Å²) in [4.78, 5) is 24.5. The van der Waals surface area contributed by atoms with Crippen molar-refractivity contribution in [1.29, 1.82) is 0 Å². The van der Waals surface area contributed by atoms with Gasteiger partial charge in [-0.25, -0.2) is 4.79 Å². The Labute approximate surface area is 131 Å². The van der Waals surface area contributed by atoms with Crippen molar-refractivity contribution in [3.63, 3.8) is 0 Å². The molecule has 1 amide bonds. The molecule has 0 saturated carbocycles. The number of carbonyl (C=O) groups is 2. The fourth-order valence-corrected chi connectivity index (χ4v) is 2.37. The summed E-state index contributed by atoms with van der Waals surface area (Å²) < 4.78 is 40.5. The van der Waals surface area contributed by atoms with E-state index in [0.717, 1.165) is 12.8 Å². The van der Waals surface area contributed by atoms with Gasteiger partial charge in [-0.15, -0.1) is 0 Å². The van der Waals surface area contributed by atoms with E-state index in [1.807, 2.05) is 0 Å². The molecule has 1 fully saturated rings. The van der Waals surface area contributed by atoms with E-state index < -0.39 is 18.2 Å². The van der Waals surface area contributed by atoms with E-state index in [9.17, 15) is 22.8 Å². The van der Waals surface area contributed by atoms with Gasteiger partial charge in [-0.2, -0.15) is 13.2 Å². The number of nitrogens with two attached hydrogens (primary N) is 1. The summed E-state index contributed by atoms with van der Waals surface area (Å²) in [7, 11) is 0. The van der Waals surface area contributed by atoms with Gasteiger partial charge in [0.1, 0.15) is 5.75 Å². The number of likely N-dealkylation sites (tertiary alicyclic amines) is 1. The summed E-state index contributed by atoms with van der Waals surface area (Å²) >= 11 is 0. The first kappa shape index (κ1) is 17.3. The number of halogens is 3. The molecular weight excluding hydrogens is 313 g/mol. The first-order chi connectivity index (χ1) is 10.8. The van der Waals surface area contributed by atoms with Gasteiger partial charge >= 0.3 is 12.1 Å². The molecule has 1 atom stereocenters. The zero-order valence-corrected chi connectivity index (χ0v) is 12.3. The van der Waals surface area contributed by atoms with Crippen LogP contribution in [0.5, 0.6) is 5.75 Å². The van der Waals surface area contributed by atoms with Crippen LogP contribution >= 0.6 is 0 Å². The van der Waals surface area contributed by atoms with Crippen LogP contribution in [-0.2, 0) is 16.0 Å². The number of amides is 1. The fraction of sp³-hybridized carbons (Fsp3) is 0.467. The highest BCUT2D eigenvalue weighted by Crippen LogP contribution is 2.20. The van der Waals surface area contributed by atoms with Crippen LogP contribution in [0.1, 0.15) is 18.4 Å². The Morgan fingerprint density at radius 2 is 1.74 bits per heavy atom. The molecule has 2 N–H and O–H groups in total. The second-order valence-corrected chi connectivity index (χ2v) is 5.37. The molecule has 0 bridgehead atoms. The highest BCUT2D eigenvalue weighted by Gasteiger charge is 2.41. The molecule has 1 aromatic carbocycles. The van der Waals surface area contributed by atoms with Crippen molar-refractivity contribution < 1.29 is 27.5 Å². The molecule has 0 spiro atoms. The Kier molecular flexibility index (Phi) is 5.25. The largest absolute Gasteiger partial charge is 0.491 e. The molecule has 23 heavy (non-hydrogen) atoms. The van der Waals surface area contributed by atoms with Crippen LogP contribution in [0.15, 0.2) is 24.3 Å². The van der Waals surface area contributed by atoms with Crippen molar-refractivity contribution in [3.8, 4) is 5.75 Å². The monoisotopic (exact) mass is 330 g/mol. The topological polar surface area (TPSA) is 72.6 Å². The second-order valence-electron chi connectivity index (χ2n) is 5.37. The number of carbonyl (C=O) groups excluding carboxylic acids is 2. The Morgan fingerprint density at radius 3 is 2.26 bits per heavy atom. The van der Waals surface area contributed by atoms with Crippen molar-refractivity contribution in [3.05, 3.63) is 29.8 Å². The Morgan fingerprint density at radius 1 is 1.17 bits per heavy atom. The minimum Gasteiger partial charge on any atom is -0.420 e. The number of nitrogens with zero attached hydrogens (tertiary/aromatic N) is 1. The molecule has 1 heterocycles. The van der Waals surface area contributed by atoms with Crippen LogP contribution in [0.4, 0.5) is 13.2 Å². The van der Waals surface area contributed by atoms with Gasteiger partial charge in [-0.05, 0) is 37.0 Å². The lowest BCUT2D eigenvalue weighted by Crippen LogP contribution is -2.43. The standard InChI is InChI=1S/C15H17F3N2O3/c16-15(17,18)14(22)23-11-5-3-10(4-6-11)9-12(19)13(21)20-7-1-2-8-20/h3-6,12H,1-2,7-9,19H2/t12-/m0/s1. The van der Waals surface area contributed by atoms with E-state index in [1.54, 1.807) is 4.90 Å². The van der Waals surface area contributed by atoms with Crippen LogP contribution < -0.4 is 10.5 Å². The zero-order valence-electron chi connectivity index (χ0n) is 12.3. The number of ether oxygens (including phenoxy) is 1. The van der Waals surface area contributed by atoms with E-state index in [-0.39, 0.29) is 18.1 Å². The lowest BCUT2D eigenvalue weighted by atomic mass is 10.1. The van der Waals surface area contributed by atoms with E-state index in [2.05, 4.69) is 4.74 Å². The highest BCUT2D eigenvalue weighted by molar-refractivity contribution is 5.82. The van der Waals surface area contributed by atoms with E-state index >= 15 is 0 Å². The molecule has 126 valence electrons. The van der Waals surface area contributed by atoms with Crippen LogP contribution in [0.2, 0.25) is 0 Å². The molecule has 0 unspecified atom stereocenters. The fourth-order valence-electron chi connectivity index (χ4n) is 2.37. The lowest BCUT2D eigenvalue weighted by molar-refractivity contribution is -0.189. The summed E-state index contributed by atoms with van der Waals surface area (Å²) in [6, 6.07) is 4.75. The van der Waals surface area contributed by atoms with Crippen LogP contribution in [0, 0.1) is 0 Å². The molecule has 2 rings (SSSR count). The summed E-state index contributed by atoms with van der Waals surface area (Å²) in [6.07, 6.45) is -2.83. The van der Waals surface area contributed by atoms with Gasteiger partial charge in [0, 0.05) is 13.1 Å². The third kappa shape index (κ3) is 4.69. The maximum atomic E-state index is 12.1. The number of esters is 1. The van der Waals surface area contributed by atoms with Gasteiger partial charge in [0.2, 0.25) is 5.91 Å². The first-order valence-electron chi connectivity index (χ1n) is 7.19. The summed E-state index contributed by atoms with van der Waals surface area (Å²) in [5.74, 6) is -2.61. The van der Waals surface area contributed by atoms with Crippen LogP contribution in [-0.4, -0.2) is 42.1 Å². The van der Waals surface area contributed by atoms with Crippen LogP contribution in [0.3, 0.4) is 0 Å². The molecule has 0 aliphatic carbocycles. The molecular formula is C15H17F3N2O3. The van der Waals surface area contributed by atoms with Crippen molar-refractivity contribution >= 4 is 11.9 Å². The molecule has 8 heteroatoms. The molecule has 1 saturated heterocycles. The van der Waals surface area contributed by atoms with Crippen molar-refractivity contribution in [2.24, 2.45) is 5.73 Å². The minimum absolute atomic E-state index is 0.130. The summed E-state index contributed by atoms with van der Waals surface area (Å²) in [5.41, 5.74) is 6.56.